The molecule has 0 fully saturated rings. The summed E-state index contributed by atoms with van der Waals surface area (Å²) in [5.41, 5.74) is 4.34. The molecule has 2 aromatic carbocycles. The highest BCUT2D eigenvalue weighted by atomic mass is 32.2. The Morgan fingerprint density at radius 3 is 2.11 bits per heavy atom. The van der Waals surface area contributed by atoms with E-state index in [1.54, 1.807) is 35.7 Å². The number of rotatable bonds is 4. The molecule has 0 bridgehead atoms. The van der Waals surface area contributed by atoms with E-state index in [-0.39, 0.29) is 4.90 Å². The van der Waals surface area contributed by atoms with Gasteiger partial charge in [0.05, 0.1) is 4.90 Å². The highest BCUT2D eigenvalue weighted by molar-refractivity contribution is 7.92. The van der Waals surface area contributed by atoms with Crippen LogP contribution >= 0.6 is 0 Å². The van der Waals surface area contributed by atoms with Gasteiger partial charge in [0.1, 0.15) is 11.3 Å². The van der Waals surface area contributed by atoms with Crippen LogP contribution < -0.4 is 4.31 Å². The van der Waals surface area contributed by atoms with E-state index in [1.165, 1.54) is 4.31 Å². The van der Waals surface area contributed by atoms with Crippen molar-refractivity contribution < 1.29 is 8.42 Å². The SMILES string of the molecule is Cc1ccc(-c2nc3ccccn3c2N(C)S(=O)(=O)c2ccc(C)cc2)cc1. The van der Waals surface area contributed by atoms with Gasteiger partial charge in [-0.1, -0.05) is 53.6 Å². The van der Waals surface area contributed by atoms with Crippen molar-refractivity contribution in [3.05, 3.63) is 84.1 Å². The second-order valence-electron chi connectivity index (χ2n) is 6.86. The van der Waals surface area contributed by atoms with E-state index in [1.807, 2.05) is 62.5 Å². The van der Waals surface area contributed by atoms with Gasteiger partial charge in [-0.2, -0.15) is 0 Å². The number of anilines is 1. The molecule has 6 heteroatoms. The lowest BCUT2D eigenvalue weighted by atomic mass is 10.1. The number of aromatic nitrogens is 2. The molecule has 0 atom stereocenters. The van der Waals surface area contributed by atoms with E-state index >= 15 is 0 Å². The van der Waals surface area contributed by atoms with Crippen molar-refractivity contribution in [1.29, 1.82) is 0 Å². The van der Waals surface area contributed by atoms with Crippen LogP contribution in [-0.4, -0.2) is 24.9 Å². The lowest BCUT2D eigenvalue weighted by molar-refractivity contribution is 0.594. The third-order valence-electron chi connectivity index (χ3n) is 4.81. The second kappa shape index (κ2) is 6.80. The van der Waals surface area contributed by atoms with Gasteiger partial charge in [0.15, 0.2) is 5.82 Å². The summed E-state index contributed by atoms with van der Waals surface area (Å²) in [5.74, 6) is 0.514. The molecule has 4 aromatic rings. The predicted molar refractivity (Wildman–Crippen MR) is 112 cm³/mol. The van der Waals surface area contributed by atoms with Crippen LogP contribution in [0.3, 0.4) is 0 Å². The third kappa shape index (κ3) is 3.05. The number of benzene rings is 2. The summed E-state index contributed by atoms with van der Waals surface area (Å²) in [7, 11) is -2.16. The fraction of sp³-hybridized carbons (Fsp3) is 0.136. The van der Waals surface area contributed by atoms with Gasteiger partial charge in [0, 0.05) is 18.8 Å². The topological polar surface area (TPSA) is 54.7 Å². The summed E-state index contributed by atoms with van der Waals surface area (Å²) < 4.78 is 29.7. The summed E-state index contributed by atoms with van der Waals surface area (Å²) in [6.45, 7) is 3.95. The normalized spacial score (nSPS) is 11.7. The predicted octanol–water partition coefficient (Wildman–Crippen LogP) is 4.44. The molecule has 4 rings (SSSR count). The fourth-order valence-electron chi connectivity index (χ4n) is 3.17. The Labute approximate surface area is 164 Å². The van der Waals surface area contributed by atoms with Crippen molar-refractivity contribution in [2.45, 2.75) is 18.7 Å². The summed E-state index contributed by atoms with van der Waals surface area (Å²) in [4.78, 5) is 4.96. The molecule has 0 N–H and O–H groups in total. The molecule has 2 heterocycles. The van der Waals surface area contributed by atoms with Crippen molar-refractivity contribution in [3.8, 4) is 11.3 Å². The molecule has 28 heavy (non-hydrogen) atoms. The molecular weight excluding hydrogens is 370 g/mol. The first-order chi connectivity index (χ1) is 13.4. The van der Waals surface area contributed by atoms with Crippen molar-refractivity contribution in [2.75, 3.05) is 11.4 Å². The van der Waals surface area contributed by atoms with Crippen LogP contribution in [0.2, 0.25) is 0 Å². The van der Waals surface area contributed by atoms with Crippen molar-refractivity contribution >= 4 is 21.5 Å². The number of hydrogen-bond donors (Lipinski definition) is 0. The maximum atomic E-state index is 13.3. The summed E-state index contributed by atoms with van der Waals surface area (Å²) in [5, 5.41) is 0. The molecule has 0 aliphatic heterocycles. The first-order valence-corrected chi connectivity index (χ1v) is 10.4. The number of pyridine rings is 1. The van der Waals surface area contributed by atoms with Gasteiger partial charge >= 0.3 is 0 Å². The van der Waals surface area contributed by atoms with Crippen molar-refractivity contribution in [3.63, 3.8) is 0 Å². The Bertz CT molecular complexity index is 1240. The maximum Gasteiger partial charge on any atom is 0.265 e. The van der Waals surface area contributed by atoms with Gasteiger partial charge in [0.25, 0.3) is 10.0 Å². The Morgan fingerprint density at radius 2 is 1.46 bits per heavy atom. The van der Waals surface area contributed by atoms with Crippen molar-refractivity contribution in [2.24, 2.45) is 0 Å². The Morgan fingerprint density at radius 1 is 0.857 bits per heavy atom. The van der Waals surface area contributed by atoms with E-state index < -0.39 is 10.0 Å². The minimum absolute atomic E-state index is 0.251. The fourth-order valence-corrected chi connectivity index (χ4v) is 4.37. The largest absolute Gasteiger partial charge is 0.285 e. The zero-order chi connectivity index (χ0) is 19.9. The number of fused-ring (bicyclic) bond motifs is 1. The Hall–Kier alpha value is -3.12. The number of sulfonamides is 1. The molecule has 0 aliphatic carbocycles. The van der Waals surface area contributed by atoms with Crippen LogP contribution in [0.4, 0.5) is 5.82 Å². The monoisotopic (exact) mass is 391 g/mol. The Balaban J connectivity index is 1.93. The molecular formula is C22H21N3O2S. The van der Waals surface area contributed by atoms with Crippen LogP contribution in [0.15, 0.2) is 77.8 Å². The molecule has 2 aromatic heterocycles. The summed E-state index contributed by atoms with van der Waals surface area (Å²) in [6, 6.07) is 20.4. The zero-order valence-electron chi connectivity index (χ0n) is 16.0. The van der Waals surface area contributed by atoms with Gasteiger partial charge in [-0.3, -0.25) is 8.71 Å². The molecule has 0 aliphatic rings. The van der Waals surface area contributed by atoms with Crippen molar-refractivity contribution in [1.82, 2.24) is 9.38 Å². The third-order valence-corrected chi connectivity index (χ3v) is 6.57. The zero-order valence-corrected chi connectivity index (χ0v) is 16.8. The van der Waals surface area contributed by atoms with Crippen LogP contribution in [0.5, 0.6) is 0 Å². The smallest absolute Gasteiger partial charge is 0.265 e. The van der Waals surface area contributed by atoms with Gasteiger partial charge in [0.2, 0.25) is 0 Å². The quantitative estimate of drug-likeness (QED) is 0.517. The average Bonchev–Trinajstić information content (AvgIpc) is 3.07. The first-order valence-electron chi connectivity index (χ1n) is 8.97. The highest BCUT2D eigenvalue weighted by Crippen LogP contribution is 2.34. The molecule has 0 amide bonds. The standard InChI is InChI=1S/C22H21N3O2S/c1-16-7-11-18(12-8-16)21-22(25-15-5-4-6-20(25)23-21)24(3)28(26,27)19-13-9-17(2)10-14-19/h4-15H,1-3H3. The number of imidazole rings is 1. The minimum Gasteiger partial charge on any atom is -0.285 e. The van der Waals surface area contributed by atoms with Gasteiger partial charge in [-0.15, -0.1) is 0 Å². The molecule has 0 radical (unpaired) electrons. The average molecular weight is 391 g/mol. The van der Waals surface area contributed by atoms with Crippen LogP contribution in [0.25, 0.3) is 16.9 Å². The first kappa shape index (κ1) is 18.3. The molecule has 0 spiro atoms. The number of hydrogen-bond acceptors (Lipinski definition) is 3. The molecule has 0 unspecified atom stereocenters. The van der Waals surface area contributed by atoms with E-state index in [2.05, 4.69) is 0 Å². The summed E-state index contributed by atoms with van der Waals surface area (Å²) in [6.07, 6.45) is 1.83. The van der Waals surface area contributed by atoms with Gasteiger partial charge in [-0.25, -0.2) is 13.4 Å². The molecule has 5 nitrogen and oxygen atoms in total. The lowest BCUT2D eigenvalue weighted by Crippen LogP contribution is -2.28. The summed E-state index contributed by atoms with van der Waals surface area (Å²) >= 11 is 0. The molecule has 0 saturated carbocycles. The maximum absolute atomic E-state index is 13.3. The number of aryl methyl sites for hydroxylation is 2. The van der Waals surface area contributed by atoms with E-state index in [0.717, 1.165) is 16.7 Å². The lowest BCUT2D eigenvalue weighted by Gasteiger charge is -2.20. The Kier molecular flexibility index (Phi) is 4.43. The number of nitrogens with zero attached hydrogens (tertiary/aromatic N) is 3. The van der Waals surface area contributed by atoms with Gasteiger partial charge in [-0.05, 0) is 38.1 Å². The van der Waals surface area contributed by atoms with E-state index in [9.17, 15) is 8.42 Å². The van der Waals surface area contributed by atoms with Crippen LogP contribution in [0.1, 0.15) is 11.1 Å². The minimum atomic E-state index is -3.74. The van der Waals surface area contributed by atoms with Gasteiger partial charge < -0.3 is 0 Å². The molecule has 0 saturated heterocycles. The van der Waals surface area contributed by atoms with Crippen LogP contribution in [-0.2, 0) is 10.0 Å². The molecule has 142 valence electrons. The highest BCUT2D eigenvalue weighted by Gasteiger charge is 2.27. The van der Waals surface area contributed by atoms with Crippen LogP contribution in [0, 0.1) is 13.8 Å². The van der Waals surface area contributed by atoms with E-state index in [4.69, 9.17) is 4.98 Å². The van der Waals surface area contributed by atoms with E-state index in [0.29, 0.717) is 17.2 Å². The second-order valence-corrected chi connectivity index (χ2v) is 8.83.